The second-order valence-electron chi connectivity index (χ2n) is 7.59. The number of aryl methyl sites for hydroxylation is 2. The van der Waals surface area contributed by atoms with Gasteiger partial charge in [-0.25, -0.2) is 14.1 Å². The highest BCUT2D eigenvalue weighted by molar-refractivity contribution is 7.72. The van der Waals surface area contributed by atoms with Crippen molar-refractivity contribution in [2.75, 3.05) is 12.1 Å². The van der Waals surface area contributed by atoms with Crippen LogP contribution < -0.4 is 10.4 Å². The molecule has 2 heterocycles. The number of nitriles is 1. The zero-order chi connectivity index (χ0) is 24.7. The van der Waals surface area contributed by atoms with Crippen molar-refractivity contribution in [1.82, 2.24) is 14.5 Å². The average molecular weight is 490 g/mol. The van der Waals surface area contributed by atoms with E-state index in [2.05, 4.69) is 15.2 Å². The summed E-state index contributed by atoms with van der Waals surface area (Å²) in [5.74, 6) is -0.157. The van der Waals surface area contributed by atoms with Gasteiger partial charge in [0, 0.05) is 12.6 Å². The number of nitrogens with zero attached hydrogens (tertiary/aromatic N) is 5. The molecular formula is C22H19F4N6OP. The molecule has 7 nitrogen and oxygen atoms in total. The number of fused-ring (bicyclic) bond motifs is 1. The van der Waals surface area contributed by atoms with Gasteiger partial charge < -0.3 is 5.09 Å². The van der Waals surface area contributed by atoms with Gasteiger partial charge in [-0.1, -0.05) is 12.1 Å². The molecule has 1 aliphatic rings. The Balaban J connectivity index is 1.93. The maximum atomic E-state index is 14.6. The van der Waals surface area contributed by atoms with Crippen molar-refractivity contribution in [1.29, 1.82) is 5.26 Å². The Morgan fingerprint density at radius 1 is 1.15 bits per heavy atom. The summed E-state index contributed by atoms with van der Waals surface area (Å²) in [6.45, 7) is 1.73. The Hall–Kier alpha value is -3.64. The minimum atomic E-state index is -4.68. The number of aromatic nitrogens is 2. The van der Waals surface area contributed by atoms with Crippen molar-refractivity contribution < 1.29 is 22.1 Å². The summed E-state index contributed by atoms with van der Waals surface area (Å²) in [6.07, 6.45) is -4.58. The van der Waals surface area contributed by atoms with Crippen LogP contribution in [0.1, 0.15) is 23.2 Å². The Labute approximate surface area is 192 Å². The van der Waals surface area contributed by atoms with E-state index in [9.17, 15) is 22.1 Å². The van der Waals surface area contributed by atoms with E-state index >= 15 is 0 Å². The summed E-state index contributed by atoms with van der Waals surface area (Å²) in [6, 6.07) is 12.0. The molecule has 0 spiro atoms. The number of rotatable bonds is 5. The highest BCUT2D eigenvalue weighted by Crippen LogP contribution is 2.55. The number of anilines is 1. The van der Waals surface area contributed by atoms with E-state index in [-0.39, 0.29) is 35.6 Å². The minimum absolute atomic E-state index is 0.0967. The van der Waals surface area contributed by atoms with E-state index in [1.807, 2.05) is 6.07 Å². The van der Waals surface area contributed by atoms with Crippen LogP contribution in [-0.4, -0.2) is 27.3 Å². The number of halogens is 4. The molecule has 176 valence electrons. The van der Waals surface area contributed by atoms with E-state index in [0.717, 1.165) is 6.07 Å². The molecule has 34 heavy (non-hydrogen) atoms. The van der Waals surface area contributed by atoms with Crippen LogP contribution in [0.25, 0.3) is 0 Å². The predicted molar refractivity (Wildman–Crippen MR) is 120 cm³/mol. The lowest BCUT2D eigenvalue weighted by molar-refractivity contribution is -0.136. The fourth-order valence-electron chi connectivity index (χ4n) is 3.77. The molecule has 0 radical (unpaired) electrons. The Bertz CT molecular complexity index is 1360. The topological polar surface area (TPSA) is 86.3 Å². The molecule has 1 aromatic heterocycles. The molecule has 1 atom stereocenters. The second-order valence-corrected chi connectivity index (χ2v) is 10.0. The van der Waals surface area contributed by atoms with Crippen LogP contribution in [0, 0.1) is 24.1 Å². The van der Waals surface area contributed by atoms with Crippen molar-refractivity contribution in [3.8, 4) is 6.07 Å². The van der Waals surface area contributed by atoms with Gasteiger partial charge in [0.25, 0.3) is 7.44 Å². The van der Waals surface area contributed by atoms with E-state index in [0.29, 0.717) is 11.3 Å². The molecule has 0 saturated carbocycles. The summed E-state index contributed by atoms with van der Waals surface area (Å²) < 4.78 is 71.8. The smallest absolute Gasteiger partial charge is 0.316 e. The molecule has 0 unspecified atom stereocenters. The maximum Gasteiger partial charge on any atom is 0.418 e. The van der Waals surface area contributed by atoms with Gasteiger partial charge >= 0.3 is 6.18 Å². The van der Waals surface area contributed by atoms with Crippen LogP contribution in [0.5, 0.6) is 0 Å². The van der Waals surface area contributed by atoms with Crippen LogP contribution in [0.4, 0.5) is 29.1 Å². The van der Waals surface area contributed by atoms with Crippen molar-refractivity contribution in [2.45, 2.75) is 26.1 Å². The lowest BCUT2D eigenvalue weighted by Crippen LogP contribution is -2.37. The molecule has 0 amide bonds. The van der Waals surface area contributed by atoms with Gasteiger partial charge in [-0.05, 0) is 43.3 Å². The monoisotopic (exact) mass is 490 g/mol. The predicted octanol–water partition coefficient (Wildman–Crippen LogP) is 5.22. The fourth-order valence-corrected chi connectivity index (χ4v) is 6.20. The van der Waals surface area contributed by atoms with Crippen LogP contribution >= 0.6 is 7.44 Å². The second kappa shape index (κ2) is 8.61. The van der Waals surface area contributed by atoms with Gasteiger partial charge in [0.05, 0.1) is 36.0 Å². The fraction of sp³-hybridized carbons (Fsp3) is 0.227. The van der Waals surface area contributed by atoms with Crippen molar-refractivity contribution in [2.24, 2.45) is 4.99 Å². The maximum absolute atomic E-state index is 14.6. The molecule has 12 heteroatoms. The zero-order valence-corrected chi connectivity index (χ0v) is 19.0. The SMILES string of the molecule is Cc1nn(CCC#N)c2c1[P@](=O)(Nc1ccccc1C(F)(F)F)N(C)C(c1ccc(F)cc1)=N2. The van der Waals surface area contributed by atoms with Gasteiger partial charge in [-0.15, -0.1) is 0 Å². The number of hydrogen-bond donors (Lipinski definition) is 1. The third-order valence-electron chi connectivity index (χ3n) is 5.36. The summed E-state index contributed by atoms with van der Waals surface area (Å²) in [5.41, 5.74) is -0.616. The first-order valence-corrected chi connectivity index (χ1v) is 11.8. The minimum Gasteiger partial charge on any atom is -0.316 e. The summed E-state index contributed by atoms with van der Waals surface area (Å²) >= 11 is 0. The molecule has 0 bridgehead atoms. The number of para-hydroxylation sites is 1. The molecule has 1 N–H and O–H groups in total. The first-order chi connectivity index (χ1) is 16.1. The van der Waals surface area contributed by atoms with Crippen LogP contribution in [0.2, 0.25) is 0 Å². The number of hydrogen-bond acceptors (Lipinski definition) is 4. The Kier molecular flexibility index (Phi) is 5.96. The van der Waals surface area contributed by atoms with Gasteiger partial charge in [0.2, 0.25) is 0 Å². The largest absolute Gasteiger partial charge is 0.418 e. The Morgan fingerprint density at radius 3 is 2.47 bits per heavy atom. The van der Waals surface area contributed by atoms with Crippen LogP contribution in [0.3, 0.4) is 0 Å². The van der Waals surface area contributed by atoms with Crippen LogP contribution in [0.15, 0.2) is 53.5 Å². The highest BCUT2D eigenvalue weighted by atomic mass is 31.2. The zero-order valence-electron chi connectivity index (χ0n) is 18.1. The average Bonchev–Trinajstić information content (AvgIpc) is 3.11. The van der Waals surface area contributed by atoms with Gasteiger partial charge in [-0.2, -0.15) is 23.5 Å². The molecule has 0 fully saturated rings. The third kappa shape index (κ3) is 4.05. The molecule has 2 aromatic carbocycles. The first-order valence-electron chi connectivity index (χ1n) is 10.1. The number of amidine groups is 1. The first kappa shape index (κ1) is 23.5. The summed E-state index contributed by atoms with van der Waals surface area (Å²) in [5, 5.41) is 16.1. The molecule has 3 aromatic rings. The normalized spacial score (nSPS) is 17.7. The highest BCUT2D eigenvalue weighted by Gasteiger charge is 2.44. The standard InChI is InChI=1S/C22H19F4N6OP/c1-14-19-21(32(29-14)13-5-12-27)28-20(15-8-10-16(23)11-9-15)31(2)34(19,33)30-18-7-4-3-6-17(18)22(24,25)26/h3-4,6-11H,5,13H2,1-2H3,(H,30,33)/t34-/m0/s1. The molecular weight excluding hydrogens is 471 g/mol. The lowest BCUT2D eigenvalue weighted by Gasteiger charge is -2.35. The van der Waals surface area contributed by atoms with Gasteiger partial charge in [-0.3, -0.25) is 9.24 Å². The number of benzene rings is 2. The van der Waals surface area contributed by atoms with E-state index in [1.165, 1.54) is 58.9 Å². The van der Waals surface area contributed by atoms with E-state index in [4.69, 9.17) is 5.26 Å². The van der Waals surface area contributed by atoms with E-state index < -0.39 is 25.0 Å². The van der Waals surface area contributed by atoms with Gasteiger partial charge in [0.1, 0.15) is 17.0 Å². The number of alkyl halides is 3. The molecule has 0 saturated heterocycles. The van der Waals surface area contributed by atoms with Crippen molar-refractivity contribution >= 4 is 30.1 Å². The summed E-state index contributed by atoms with van der Waals surface area (Å²) in [7, 11) is -2.56. The van der Waals surface area contributed by atoms with Crippen molar-refractivity contribution in [3.05, 3.63) is 71.2 Å². The van der Waals surface area contributed by atoms with Gasteiger partial charge in [0.15, 0.2) is 5.82 Å². The Morgan fingerprint density at radius 2 is 1.82 bits per heavy atom. The van der Waals surface area contributed by atoms with Crippen molar-refractivity contribution in [3.63, 3.8) is 0 Å². The van der Waals surface area contributed by atoms with E-state index in [1.54, 1.807) is 6.92 Å². The number of aliphatic imine (C=N–C) groups is 1. The third-order valence-corrected chi connectivity index (χ3v) is 8.06. The molecule has 0 aliphatic carbocycles. The summed E-state index contributed by atoms with van der Waals surface area (Å²) in [4.78, 5) is 4.58. The quantitative estimate of drug-likeness (QED) is 0.392. The lowest BCUT2D eigenvalue weighted by atomic mass is 10.2. The number of nitrogens with one attached hydrogen (secondary N) is 1. The van der Waals surface area contributed by atoms with Crippen LogP contribution in [-0.2, 0) is 17.3 Å². The molecule has 1 aliphatic heterocycles. The molecule has 4 rings (SSSR count).